The van der Waals surface area contributed by atoms with Gasteiger partial charge in [0.1, 0.15) is 0 Å². The Labute approximate surface area is 92.0 Å². The maximum atomic E-state index is 11.3. The SMILES string of the molecule is CC(O)CNCCNC(=O)c1cnsn1. The molecular weight excluding hydrogens is 216 g/mol. The Hall–Kier alpha value is -1.05. The van der Waals surface area contributed by atoms with Crippen molar-refractivity contribution >= 4 is 17.6 Å². The van der Waals surface area contributed by atoms with Crippen molar-refractivity contribution in [3.8, 4) is 0 Å². The first-order valence-electron chi connectivity index (χ1n) is 4.64. The van der Waals surface area contributed by atoms with E-state index in [-0.39, 0.29) is 12.0 Å². The highest BCUT2D eigenvalue weighted by atomic mass is 32.1. The van der Waals surface area contributed by atoms with Crippen LogP contribution in [0.2, 0.25) is 0 Å². The summed E-state index contributed by atoms with van der Waals surface area (Å²) in [5.41, 5.74) is 0.343. The van der Waals surface area contributed by atoms with Gasteiger partial charge in [0.15, 0.2) is 5.69 Å². The fourth-order valence-electron chi connectivity index (χ4n) is 0.931. The second kappa shape index (κ2) is 6.44. The number of aliphatic hydroxyl groups excluding tert-OH is 1. The summed E-state index contributed by atoms with van der Waals surface area (Å²) in [4.78, 5) is 11.3. The Kier molecular flexibility index (Phi) is 5.16. The number of amides is 1. The summed E-state index contributed by atoms with van der Waals surface area (Å²) in [6, 6.07) is 0. The fraction of sp³-hybridized carbons (Fsp3) is 0.625. The summed E-state index contributed by atoms with van der Waals surface area (Å²) < 4.78 is 7.53. The average molecular weight is 230 g/mol. The first kappa shape index (κ1) is 12.0. The summed E-state index contributed by atoms with van der Waals surface area (Å²) in [6.45, 7) is 3.35. The molecule has 3 N–H and O–H groups in total. The summed E-state index contributed by atoms with van der Waals surface area (Å²) in [5.74, 6) is -0.220. The lowest BCUT2D eigenvalue weighted by molar-refractivity contribution is 0.0949. The molecule has 0 saturated carbocycles. The summed E-state index contributed by atoms with van der Waals surface area (Å²) in [5, 5.41) is 14.6. The van der Waals surface area contributed by atoms with Crippen molar-refractivity contribution in [1.29, 1.82) is 0 Å². The van der Waals surface area contributed by atoms with E-state index in [1.54, 1.807) is 6.92 Å². The van der Waals surface area contributed by atoms with Crippen LogP contribution < -0.4 is 10.6 Å². The highest BCUT2D eigenvalue weighted by molar-refractivity contribution is 6.99. The second-order valence-corrected chi connectivity index (χ2v) is 3.66. The Morgan fingerprint density at radius 1 is 1.67 bits per heavy atom. The van der Waals surface area contributed by atoms with Crippen LogP contribution in [0, 0.1) is 0 Å². The smallest absolute Gasteiger partial charge is 0.272 e. The van der Waals surface area contributed by atoms with Gasteiger partial charge in [-0.1, -0.05) is 0 Å². The van der Waals surface area contributed by atoms with Gasteiger partial charge in [0.2, 0.25) is 0 Å². The van der Waals surface area contributed by atoms with Crippen molar-refractivity contribution in [1.82, 2.24) is 19.4 Å². The van der Waals surface area contributed by atoms with Crippen molar-refractivity contribution in [3.05, 3.63) is 11.9 Å². The normalized spacial score (nSPS) is 12.4. The maximum Gasteiger partial charge on any atom is 0.272 e. The molecule has 7 heteroatoms. The lowest BCUT2D eigenvalue weighted by atomic mass is 10.4. The van der Waals surface area contributed by atoms with Crippen LogP contribution in [-0.2, 0) is 0 Å². The number of aromatic nitrogens is 2. The molecule has 0 fully saturated rings. The zero-order valence-corrected chi connectivity index (χ0v) is 9.25. The Bertz CT molecular complexity index is 289. The summed E-state index contributed by atoms with van der Waals surface area (Å²) in [7, 11) is 0. The van der Waals surface area contributed by atoms with Gasteiger partial charge in [0.25, 0.3) is 5.91 Å². The molecule has 1 atom stereocenters. The van der Waals surface area contributed by atoms with E-state index < -0.39 is 0 Å². The van der Waals surface area contributed by atoms with E-state index in [1.807, 2.05) is 0 Å². The molecule has 0 aromatic carbocycles. The molecule has 15 heavy (non-hydrogen) atoms. The number of aliphatic hydroxyl groups is 1. The molecule has 1 amide bonds. The number of nitrogens with zero attached hydrogens (tertiary/aromatic N) is 2. The fourth-order valence-corrected chi connectivity index (χ4v) is 1.34. The number of nitrogens with one attached hydrogen (secondary N) is 2. The second-order valence-electron chi connectivity index (χ2n) is 3.10. The van der Waals surface area contributed by atoms with E-state index in [0.717, 1.165) is 11.7 Å². The van der Waals surface area contributed by atoms with Crippen LogP contribution in [-0.4, -0.2) is 45.5 Å². The lowest BCUT2D eigenvalue weighted by Crippen LogP contribution is -2.34. The van der Waals surface area contributed by atoms with Crippen LogP contribution in [0.5, 0.6) is 0 Å². The molecular formula is C8H14N4O2S. The minimum Gasteiger partial charge on any atom is -0.392 e. The first-order chi connectivity index (χ1) is 7.20. The number of carbonyl (C=O) groups is 1. The predicted molar refractivity (Wildman–Crippen MR) is 56.8 cm³/mol. The zero-order valence-electron chi connectivity index (χ0n) is 8.43. The van der Waals surface area contributed by atoms with Gasteiger partial charge in [-0.15, -0.1) is 0 Å². The van der Waals surface area contributed by atoms with E-state index in [2.05, 4.69) is 19.4 Å². The average Bonchev–Trinajstić information content (AvgIpc) is 2.69. The molecule has 1 aromatic heterocycles. The molecule has 1 rings (SSSR count). The van der Waals surface area contributed by atoms with Crippen molar-refractivity contribution in [2.24, 2.45) is 0 Å². The van der Waals surface area contributed by atoms with Gasteiger partial charge in [-0.05, 0) is 6.92 Å². The van der Waals surface area contributed by atoms with Crippen LogP contribution >= 0.6 is 11.7 Å². The predicted octanol–water partition coefficient (Wildman–Crippen LogP) is -0.762. The molecule has 0 spiro atoms. The molecule has 1 unspecified atom stereocenters. The molecule has 0 aliphatic carbocycles. The molecule has 0 bridgehead atoms. The lowest BCUT2D eigenvalue weighted by Gasteiger charge is -2.06. The van der Waals surface area contributed by atoms with Crippen molar-refractivity contribution in [2.75, 3.05) is 19.6 Å². The quantitative estimate of drug-likeness (QED) is 0.559. The van der Waals surface area contributed by atoms with Gasteiger partial charge >= 0.3 is 0 Å². The van der Waals surface area contributed by atoms with E-state index in [9.17, 15) is 4.79 Å². The number of hydrogen-bond donors (Lipinski definition) is 3. The van der Waals surface area contributed by atoms with Gasteiger partial charge in [-0.2, -0.15) is 8.75 Å². The molecule has 0 aliphatic rings. The van der Waals surface area contributed by atoms with Gasteiger partial charge in [0.05, 0.1) is 24.0 Å². The summed E-state index contributed by atoms with van der Waals surface area (Å²) >= 11 is 1.01. The van der Waals surface area contributed by atoms with Gasteiger partial charge < -0.3 is 15.7 Å². The van der Waals surface area contributed by atoms with E-state index >= 15 is 0 Å². The molecule has 0 radical (unpaired) electrons. The Morgan fingerprint density at radius 2 is 2.47 bits per heavy atom. The summed E-state index contributed by atoms with van der Waals surface area (Å²) in [6.07, 6.45) is 1.06. The standard InChI is InChI=1S/C8H14N4O2S/c1-6(13)4-9-2-3-10-8(14)7-5-11-15-12-7/h5-6,9,13H,2-4H2,1H3,(H,10,14). The van der Waals surface area contributed by atoms with E-state index in [1.165, 1.54) is 6.20 Å². The first-order valence-corrected chi connectivity index (χ1v) is 5.37. The monoisotopic (exact) mass is 230 g/mol. The third kappa shape index (κ3) is 4.82. The molecule has 1 aromatic rings. The Balaban J connectivity index is 2.08. The number of rotatable bonds is 6. The highest BCUT2D eigenvalue weighted by Gasteiger charge is 2.06. The minimum absolute atomic E-state index is 0.220. The molecule has 1 heterocycles. The topological polar surface area (TPSA) is 87.1 Å². The third-order valence-electron chi connectivity index (χ3n) is 1.62. The maximum absolute atomic E-state index is 11.3. The van der Waals surface area contributed by atoms with Crippen LogP contribution in [0.3, 0.4) is 0 Å². The van der Waals surface area contributed by atoms with Crippen molar-refractivity contribution in [3.63, 3.8) is 0 Å². The van der Waals surface area contributed by atoms with E-state index in [4.69, 9.17) is 5.11 Å². The van der Waals surface area contributed by atoms with Crippen LogP contribution in [0.25, 0.3) is 0 Å². The Morgan fingerprint density at radius 3 is 3.07 bits per heavy atom. The van der Waals surface area contributed by atoms with E-state index in [0.29, 0.717) is 25.3 Å². The van der Waals surface area contributed by atoms with Crippen LogP contribution in [0.15, 0.2) is 6.20 Å². The van der Waals surface area contributed by atoms with Crippen molar-refractivity contribution < 1.29 is 9.90 Å². The van der Waals surface area contributed by atoms with Gasteiger partial charge in [-0.3, -0.25) is 4.79 Å². The highest BCUT2D eigenvalue weighted by Crippen LogP contribution is 1.93. The molecule has 0 aliphatic heterocycles. The van der Waals surface area contributed by atoms with Gasteiger partial charge in [0, 0.05) is 19.6 Å². The molecule has 0 saturated heterocycles. The third-order valence-corrected chi connectivity index (χ3v) is 2.10. The van der Waals surface area contributed by atoms with Gasteiger partial charge in [-0.25, -0.2) is 0 Å². The van der Waals surface area contributed by atoms with Crippen molar-refractivity contribution in [2.45, 2.75) is 13.0 Å². The number of carbonyl (C=O) groups excluding carboxylic acids is 1. The molecule has 6 nitrogen and oxygen atoms in total. The largest absolute Gasteiger partial charge is 0.392 e. The zero-order chi connectivity index (χ0) is 11.1. The van der Waals surface area contributed by atoms with Crippen LogP contribution in [0.4, 0.5) is 0 Å². The molecule has 84 valence electrons. The number of hydrogen-bond acceptors (Lipinski definition) is 6. The van der Waals surface area contributed by atoms with Crippen LogP contribution in [0.1, 0.15) is 17.4 Å². The minimum atomic E-state index is -0.372.